The molecule has 8 nitrogen and oxygen atoms in total. The Hall–Kier alpha value is -2.32. The van der Waals surface area contributed by atoms with Crippen molar-refractivity contribution in [2.75, 3.05) is 13.7 Å². The maximum atomic E-state index is 12.7. The number of methoxy groups -OCH3 is 1. The molecule has 0 radical (unpaired) electrons. The number of nitrogens with zero attached hydrogens (tertiary/aromatic N) is 1. The van der Waals surface area contributed by atoms with Gasteiger partial charge in [-0.3, -0.25) is 5.43 Å². The maximum absolute atomic E-state index is 12.7. The van der Waals surface area contributed by atoms with Crippen molar-refractivity contribution < 1.29 is 14.3 Å². The summed E-state index contributed by atoms with van der Waals surface area (Å²) >= 11 is 0. The highest BCUT2D eigenvalue weighted by Gasteiger charge is 2.48. The number of benzene rings is 1. The summed E-state index contributed by atoms with van der Waals surface area (Å²) in [5, 5.41) is 6.06. The van der Waals surface area contributed by atoms with Crippen LogP contribution in [0.5, 0.6) is 0 Å². The number of fused-ring (bicyclic) bond motifs is 2. The van der Waals surface area contributed by atoms with Crippen LogP contribution in [0.15, 0.2) is 30.3 Å². The molecule has 2 heterocycles. The molecule has 27 heavy (non-hydrogen) atoms. The van der Waals surface area contributed by atoms with E-state index in [0.29, 0.717) is 5.92 Å². The smallest absolute Gasteiger partial charge is 0.408 e. The molecule has 2 aliphatic heterocycles. The lowest BCUT2D eigenvalue weighted by Crippen LogP contribution is -2.61. The minimum absolute atomic E-state index is 0.00115. The molecule has 3 aliphatic rings. The van der Waals surface area contributed by atoms with E-state index in [9.17, 15) is 9.59 Å². The molecule has 1 aliphatic carbocycles. The lowest BCUT2D eigenvalue weighted by Gasteiger charge is -2.47. The van der Waals surface area contributed by atoms with Gasteiger partial charge in [0, 0.05) is 24.5 Å². The zero-order valence-corrected chi connectivity index (χ0v) is 15.6. The normalized spacial score (nSPS) is 33.5. The van der Waals surface area contributed by atoms with Gasteiger partial charge in [0.2, 0.25) is 0 Å². The van der Waals surface area contributed by atoms with Crippen molar-refractivity contribution >= 4 is 12.1 Å². The number of hydrogen-bond donors (Lipinski definition) is 4. The van der Waals surface area contributed by atoms with Gasteiger partial charge in [0.15, 0.2) is 0 Å². The van der Waals surface area contributed by atoms with E-state index in [4.69, 9.17) is 4.74 Å². The molecule has 0 bridgehead atoms. The number of amides is 3. The molecule has 1 aromatic carbocycles. The third-order valence-electron chi connectivity index (χ3n) is 6.23. The summed E-state index contributed by atoms with van der Waals surface area (Å²) < 4.78 is 4.73. The van der Waals surface area contributed by atoms with Gasteiger partial charge in [-0.25, -0.2) is 15.0 Å². The lowest BCUT2D eigenvalue weighted by atomic mass is 9.73. The van der Waals surface area contributed by atoms with Gasteiger partial charge in [-0.2, -0.15) is 0 Å². The molecule has 3 fully saturated rings. The van der Waals surface area contributed by atoms with Crippen molar-refractivity contribution in [3.05, 3.63) is 35.9 Å². The van der Waals surface area contributed by atoms with Crippen LogP contribution < -0.4 is 21.5 Å². The molecule has 0 spiro atoms. The van der Waals surface area contributed by atoms with E-state index < -0.39 is 6.09 Å². The van der Waals surface area contributed by atoms with Gasteiger partial charge >= 0.3 is 12.1 Å². The Bertz CT molecular complexity index is 700. The van der Waals surface area contributed by atoms with E-state index in [1.165, 1.54) is 7.11 Å². The maximum Gasteiger partial charge on any atom is 0.408 e. The van der Waals surface area contributed by atoms with Crippen LogP contribution in [-0.4, -0.2) is 48.9 Å². The average Bonchev–Trinajstić information content (AvgIpc) is 3.07. The van der Waals surface area contributed by atoms with Gasteiger partial charge in [-0.15, -0.1) is 0 Å². The van der Waals surface area contributed by atoms with Crippen molar-refractivity contribution in [3.63, 3.8) is 0 Å². The van der Waals surface area contributed by atoms with Crippen molar-refractivity contribution in [3.8, 4) is 0 Å². The molecular weight excluding hydrogens is 346 g/mol. The number of urea groups is 1. The molecule has 146 valence electrons. The molecule has 1 saturated carbocycles. The second-order valence-electron chi connectivity index (χ2n) is 7.70. The summed E-state index contributed by atoms with van der Waals surface area (Å²) in [5.74, 6) is 0.605. The van der Waals surface area contributed by atoms with Crippen LogP contribution in [0.2, 0.25) is 0 Å². The number of nitrogens with one attached hydrogen (secondary N) is 4. The van der Waals surface area contributed by atoms with E-state index in [2.05, 4.69) is 40.5 Å². The summed E-state index contributed by atoms with van der Waals surface area (Å²) in [5.41, 5.74) is 7.55. The van der Waals surface area contributed by atoms with Crippen LogP contribution in [-0.2, 0) is 4.74 Å². The van der Waals surface area contributed by atoms with Crippen molar-refractivity contribution in [2.24, 2.45) is 11.8 Å². The van der Waals surface area contributed by atoms with Gasteiger partial charge in [-0.05, 0) is 31.2 Å². The lowest BCUT2D eigenvalue weighted by molar-refractivity contribution is 0.0810. The molecule has 4 rings (SSSR count). The molecule has 0 aromatic heterocycles. The number of carbonyl (C=O) groups is 2. The predicted molar refractivity (Wildman–Crippen MR) is 99.5 cm³/mol. The SMILES string of the molecule is COC(=O)NC1NNC2CC3NC(=O)N([C@H](C)c4ccccc4)CC3CC21. The third kappa shape index (κ3) is 3.46. The van der Waals surface area contributed by atoms with E-state index in [1.54, 1.807) is 0 Å². The zero-order chi connectivity index (χ0) is 19.0. The van der Waals surface area contributed by atoms with Gasteiger partial charge in [0.25, 0.3) is 0 Å². The second kappa shape index (κ2) is 7.36. The monoisotopic (exact) mass is 373 g/mol. The van der Waals surface area contributed by atoms with Crippen molar-refractivity contribution in [1.82, 2.24) is 26.4 Å². The first kappa shape index (κ1) is 18.1. The Morgan fingerprint density at radius 1 is 1.22 bits per heavy atom. The highest BCUT2D eigenvalue weighted by atomic mass is 16.5. The number of ether oxygens (including phenoxy) is 1. The van der Waals surface area contributed by atoms with E-state index >= 15 is 0 Å². The third-order valence-corrected chi connectivity index (χ3v) is 6.23. The standard InChI is InChI=1S/C19H27N5O3/c1-11(12-6-4-3-5-7-12)24-10-13-8-14-16(9-15(13)20-18(24)25)22-23-17(14)21-19(26)27-2/h3-7,11,13-17,22-23H,8-10H2,1-2H3,(H,20,25)(H,21,26)/t11-,13?,14?,15?,16?,17?/m1/s1. The van der Waals surface area contributed by atoms with Crippen molar-refractivity contribution in [2.45, 2.75) is 44.1 Å². The Labute approximate surface area is 159 Å². The van der Waals surface area contributed by atoms with Gasteiger partial charge in [-0.1, -0.05) is 30.3 Å². The van der Waals surface area contributed by atoms with Crippen molar-refractivity contribution in [1.29, 1.82) is 0 Å². The van der Waals surface area contributed by atoms with Crippen LogP contribution in [0.4, 0.5) is 9.59 Å². The van der Waals surface area contributed by atoms with Gasteiger partial charge in [0.1, 0.15) is 0 Å². The Balaban J connectivity index is 1.46. The molecule has 8 heteroatoms. The number of hydrazine groups is 1. The minimum atomic E-state index is -0.437. The average molecular weight is 373 g/mol. The predicted octanol–water partition coefficient (Wildman–Crippen LogP) is 1.33. The second-order valence-corrected chi connectivity index (χ2v) is 7.70. The van der Waals surface area contributed by atoms with Crippen LogP contribution in [0.3, 0.4) is 0 Å². The van der Waals surface area contributed by atoms with E-state index in [0.717, 1.165) is 24.9 Å². The molecule has 6 atom stereocenters. The molecular formula is C19H27N5O3. The van der Waals surface area contributed by atoms with Crippen LogP contribution in [0.25, 0.3) is 0 Å². The molecule has 4 N–H and O–H groups in total. The quantitative estimate of drug-likeness (QED) is 0.641. The summed E-state index contributed by atoms with van der Waals surface area (Å²) in [4.78, 5) is 26.2. The number of rotatable bonds is 3. The zero-order valence-electron chi connectivity index (χ0n) is 15.6. The fourth-order valence-electron chi connectivity index (χ4n) is 4.69. The highest BCUT2D eigenvalue weighted by molar-refractivity contribution is 5.76. The first-order valence-corrected chi connectivity index (χ1v) is 9.54. The molecule has 1 aromatic rings. The molecule has 3 amide bonds. The van der Waals surface area contributed by atoms with Crippen LogP contribution in [0.1, 0.15) is 31.4 Å². The number of hydrogen-bond acceptors (Lipinski definition) is 5. The van der Waals surface area contributed by atoms with Crippen LogP contribution in [0, 0.1) is 11.8 Å². The Morgan fingerprint density at radius 2 is 2.00 bits per heavy atom. The van der Waals surface area contributed by atoms with E-state index in [-0.39, 0.29) is 36.2 Å². The first-order valence-electron chi connectivity index (χ1n) is 9.54. The van der Waals surface area contributed by atoms with Crippen LogP contribution >= 0.6 is 0 Å². The summed E-state index contributed by atoms with van der Waals surface area (Å²) in [6.07, 6.45) is 1.16. The summed E-state index contributed by atoms with van der Waals surface area (Å²) in [6.45, 7) is 2.79. The number of carbonyl (C=O) groups excluding carboxylic acids is 2. The van der Waals surface area contributed by atoms with Gasteiger partial charge < -0.3 is 20.3 Å². The summed E-state index contributed by atoms with van der Waals surface area (Å²) in [6, 6.07) is 10.5. The Kier molecular flexibility index (Phi) is 4.92. The molecule has 5 unspecified atom stereocenters. The van der Waals surface area contributed by atoms with Gasteiger partial charge in [0.05, 0.1) is 19.3 Å². The highest BCUT2D eigenvalue weighted by Crippen LogP contribution is 2.37. The molecule has 2 saturated heterocycles. The summed E-state index contributed by atoms with van der Waals surface area (Å²) in [7, 11) is 1.37. The largest absolute Gasteiger partial charge is 0.453 e. The number of alkyl carbamates (subject to hydrolysis) is 1. The Morgan fingerprint density at radius 3 is 2.74 bits per heavy atom. The topological polar surface area (TPSA) is 94.7 Å². The fraction of sp³-hybridized carbons (Fsp3) is 0.579. The fourth-order valence-corrected chi connectivity index (χ4v) is 4.69. The van der Waals surface area contributed by atoms with E-state index in [1.807, 2.05) is 23.1 Å². The first-order chi connectivity index (χ1) is 13.1. The minimum Gasteiger partial charge on any atom is -0.453 e.